The van der Waals surface area contributed by atoms with E-state index in [4.69, 9.17) is 0 Å². The SMILES string of the molecule is COP(=S)([S-])OC.[Cl-].[Cl-].[Cu+].[Cu+].[Cu+]. The van der Waals surface area contributed by atoms with E-state index in [0.717, 1.165) is 0 Å². The molecular formula is C2H6Cl2Cu3O2PS2. The second-order valence-corrected chi connectivity index (χ2v) is 6.01. The third-order valence-corrected chi connectivity index (χ3v) is 3.13. The summed E-state index contributed by atoms with van der Waals surface area (Å²) >= 11 is 9.25. The van der Waals surface area contributed by atoms with E-state index in [1.807, 2.05) is 0 Å². The van der Waals surface area contributed by atoms with Crippen molar-refractivity contribution in [2.45, 2.75) is 0 Å². The first-order valence-electron chi connectivity index (χ1n) is 1.55. The van der Waals surface area contributed by atoms with Gasteiger partial charge in [0, 0.05) is 14.2 Å². The summed E-state index contributed by atoms with van der Waals surface area (Å²) in [6, 6.07) is 0. The summed E-state index contributed by atoms with van der Waals surface area (Å²) < 4.78 is 9.21. The fourth-order valence-corrected chi connectivity index (χ4v) is 0.224. The van der Waals surface area contributed by atoms with Crippen LogP contribution in [-0.2, 0) is 84.3 Å². The van der Waals surface area contributed by atoms with Gasteiger partial charge in [-0.15, -0.1) is 0 Å². The number of rotatable bonds is 2. The third-order valence-electron chi connectivity index (χ3n) is 0.447. The van der Waals surface area contributed by atoms with Crippen LogP contribution >= 0.6 is 5.69 Å². The van der Waals surface area contributed by atoms with Crippen molar-refractivity contribution in [3.8, 4) is 0 Å². The summed E-state index contributed by atoms with van der Waals surface area (Å²) in [7, 11) is 2.91. The molecule has 0 spiro atoms. The van der Waals surface area contributed by atoms with Crippen LogP contribution in [0.15, 0.2) is 0 Å². The van der Waals surface area contributed by atoms with Gasteiger partial charge in [0.05, 0.1) is 5.69 Å². The molecule has 12 heavy (non-hydrogen) atoms. The van der Waals surface area contributed by atoms with Crippen LogP contribution in [0.3, 0.4) is 0 Å². The monoisotopic (exact) mass is 416 g/mol. The summed E-state index contributed by atoms with van der Waals surface area (Å²) in [5.41, 5.74) is -2.24. The van der Waals surface area contributed by atoms with E-state index < -0.39 is 5.69 Å². The Morgan fingerprint density at radius 1 is 1.00 bits per heavy atom. The van der Waals surface area contributed by atoms with Crippen LogP contribution in [0.5, 0.6) is 0 Å². The van der Waals surface area contributed by atoms with E-state index in [9.17, 15) is 0 Å². The molecule has 0 aromatic carbocycles. The standard InChI is InChI=1S/C2H7O2PS2.2ClH.3Cu/c1-3-5(6,7)4-2;;;;;/h1-2H3,(H,6,7);2*1H;;;/q;;;3*+1/p-3. The molecule has 0 fully saturated rings. The van der Waals surface area contributed by atoms with Gasteiger partial charge in [0.25, 0.3) is 0 Å². The maximum absolute atomic E-state index is 4.63. The minimum Gasteiger partial charge on any atom is -1.00 e. The Labute approximate surface area is 128 Å². The molecule has 0 radical (unpaired) electrons. The Morgan fingerprint density at radius 2 is 1.17 bits per heavy atom. The molecule has 0 aromatic heterocycles. The first kappa shape index (κ1) is 36.3. The summed E-state index contributed by atoms with van der Waals surface area (Å²) in [6.07, 6.45) is 0. The van der Waals surface area contributed by atoms with Crippen molar-refractivity contribution in [3.05, 3.63) is 0 Å². The van der Waals surface area contributed by atoms with Crippen LogP contribution in [0.1, 0.15) is 0 Å². The second-order valence-electron chi connectivity index (χ2n) is 0.812. The van der Waals surface area contributed by atoms with Crippen molar-refractivity contribution in [2.24, 2.45) is 0 Å². The first-order chi connectivity index (χ1) is 3.12. The summed E-state index contributed by atoms with van der Waals surface area (Å²) in [4.78, 5) is 0. The molecule has 0 unspecified atom stereocenters. The smallest absolute Gasteiger partial charge is 1.00 e. The van der Waals surface area contributed by atoms with Gasteiger partial charge in [-0.05, 0) is 0 Å². The van der Waals surface area contributed by atoms with Gasteiger partial charge in [0.1, 0.15) is 0 Å². The van der Waals surface area contributed by atoms with Gasteiger partial charge in [-0.2, -0.15) is 0 Å². The van der Waals surface area contributed by atoms with E-state index in [-0.39, 0.29) is 76.0 Å². The number of halogens is 2. The largest absolute Gasteiger partial charge is 1.00 e. The first-order valence-corrected chi connectivity index (χ1v) is 5.20. The van der Waals surface area contributed by atoms with Crippen molar-refractivity contribution in [1.29, 1.82) is 0 Å². The Balaban J connectivity index is -0.0000000180. The molecule has 0 aromatic rings. The van der Waals surface area contributed by atoms with Gasteiger partial charge in [-0.25, -0.2) is 0 Å². The molecular weight excluding hydrogens is 413 g/mol. The van der Waals surface area contributed by atoms with Gasteiger partial charge < -0.3 is 46.1 Å². The van der Waals surface area contributed by atoms with Crippen LogP contribution in [0.25, 0.3) is 0 Å². The maximum atomic E-state index is 4.63. The third kappa shape index (κ3) is 23.1. The summed E-state index contributed by atoms with van der Waals surface area (Å²) in [5.74, 6) is 0. The molecule has 10 heteroatoms. The van der Waals surface area contributed by atoms with Crippen molar-refractivity contribution >= 4 is 29.7 Å². The zero-order valence-electron chi connectivity index (χ0n) is 5.74. The molecule has 0 saturated heterocycles. The fraction of sp³-hybridized carbons (Fsp3) is 1.00. The van der Waals surface area contributed by atoms with Gasteiger partial charge >= 0.3 is 51.2 Å². The molecule has 0 aliphatic carbocycles. The van der Waals surface area contributed by atoms with Gasteiger partial charge in [-0.3, -0.25) is 0 Å². The van der Waals surface area contributed by atoms with Crippen molar-refractivity contribution in [1.82, 2.24) is 0 Å². The molecule has 90 valence electrons. The molecule has 0 heterocycles. The van der Waals surface area contributed by atoms with E-state index in [1.54, 1.807) is 0 Å². The van der Waals surface area contributed by atoms with Crippen molar-refractivity contribution in [2.75, 3.05) is 14.2 Å². The zero-order chi connectivity index (χ0) is 5.91. The molecule has 0 aliphatic heterocycles. The topological polar surface area (TPSA) is 18.5 Å². The Bertz CT molecular complexity index is 102. The average molecular weight is 419 g/mol. The maximum Gasteiger partial charge on any atom is 1.00 e. The van der Waals surface area contributed by atoms with Crippen LogP contribution in [0, 0.1) is 0 Å². The van der Waals surface area contributed by atoms with Crippen LogP contribution in [0.2, 0.25) is 0 Å². The Hall–Kier alpha value is 3.06. The minimum absolute atomic E-state index is 0. The van der Waals surface area contributed by atoms with E-state index in [1.165, 1.54) is 14.2 Å². The van der Waals surface area contributed by atoms with E-state index >= 15 is 0 Å². The zero-order valence-corrected chi connectivity index (χ0v) is 12.6. The normalized spacial score (nSPS) is 6.92. The van der Waals surface area contributed by atoms with E-state index in [0.29, 0.717) is 0 Å². The summed E-state index contributed by atoms with van der Waals surface area (Å²) in [5, 5.41) is 0. The molecule has 0 bridgehead atoms. The molecule has 2 nitrogen and oxygen atoms in total. The van der Waals surface area contributed by atoms with E-state index in [2.05, 4.69) is 33.1 Å². The van der Waals surface area contributed by atoms with Crippen LogP contribution in [-0.4, -0.2) is 14.2 Å². The molecule has 0 amide bonds. The summed E-state index contributed by atoms with van der Waals surface area (Å²) in [6.45, 7) is 0. The predicted molar refractivity (Wildman–Crippen MR) is 35.7 cm³/mol. The predicted octanol–water partition coefficient (Wildman–Crippen LogP) is -4.95. The second kappa shape index (κ2) is 19.6. The molecule has 0 atom stereocenters. The molecule has 0 saturated carbocycles. The van der Waals surface area contributed by atoms with Gasteiger partial charge in [0.2, 0.25) is 0 Å². The van der Waals surface area contributed by atoms with Crippen molar-refractivity contribution in [3.63, 3.8) is 0 Å². The minimum atomic E-state index is -2.24. The van der Waals surface area contributed by atoms with Gasteiger partial charge in [0.15, 0.2) is 0 Å². The number of hydrogen-bond donors (Lipinski definition) is 0. The fourth-order valence-electron chi connectivity index (χ4n) is 0.0745. The van der Waals surface area contributed by atoms with Crippen LogP contribution < -0.4 is 24.8 Å². The molecule has 0 rings (SSSR count). The van der Waals surface area contributed by atoms with Gasteiger partial charge in [-0.1, -0.05) is 11.8 Å². The van der Waals surface area contributed by atoms with Crippen LogP contribution in [0.4, 0.5) is 0 Å². The van der Waals surface area contributed by atoms with Crippen molar-refractivity contribution < 1.29 is 85.1 Å². The quantitative estimate of drug-likeness (QED) is 0.254. The molecule has 0 N–H and O–H groups in total. The molecule has 0 aliphatic rings. The Morgan fingerprint density at radius 3 is 1.17 bits per heavy atom. The Kier molecular flexibility index (Phi) is 59.3. The average Bonchev–Trinajstić information content (AvgIpc) is 1.68. The number of hydrogen-bond acceptors (Lipinski definition) is 4.